The largest absolute Gasteiger partial charge is 0.457 e. The van der Waals surface area contributed by atoms with Gasteiger partial charge in [-0.3, -0.25) is 9.69 Å². The molecule has 2 N–H and O–H groups in total. The summed E-state index contributed by atoms with van der Waals surface area (Å²) in [6.45, 7) is 9.20. The quantitative estimate of drug-likeness (QED) is 0.155. The maximum absolute atomic E-state index is 13.3. The zero-order chi connectivity index (χ0) is 33.3. The van der Waals surface area contributed by atoms with Crippen LogP contribution in [0.25, 0.3) is 16.5 Å². The highest BCUT2D eigenvalue weighted by molar-refractivity contribution is 6.30. The molecule has 0 bridgehead atoms. The first-order chi connectivity index (χ1) is 23.2. The fraction of sp³-hybridized carbons (Fsp3) is 0.275. The number of rotatable bonds is 9. The Morgan fingerprint density at radius 2 is 1.73 bits per heavy atom. The number of aromatic amines is 1. The van der Waals surface area contributed by atoms with E-state index in [1.54, 1.807) is 24.3 Å². The number of hydrogen-bond acceptors (Lipinski definition) is 6. The number of anilines is 1. The number of piperazine rings is 1. The summed E-state index contributed by atoms with van der Waals surface area (Å²) >= 11 is 6.20. The van der Waals surface area contributed by atoms with Crippen molar-refractivity contribution in [3.63, 3.8) is 0 Å². The van der Waals surface area contributed by atoms with Gasteiger partial charge in [-0.2, -0.15) is 0 Å². The van der Waals surface area contributed by atoms with Crippen LogP contribution in [0.5, 0.6) is 11.5 Å². The molecular weight excluding hydrogens is 622 g/mol. The Kier molecular flexibility index (Phi) is 9.12. The number of Topliss-reactive ketones (excluding diaryl/α,β-unsaturated/α-hetero) is 1. The van der Waals surface area contributed by atoms with Crippen LogP contribution in [-0.4, -0.2) is 65.7 Å². The summed E-state index contributed by atoms with van der Waals surface area (Å²) in [5.74, 6) is 0.721. The number of ketones is 1. The minimum absolute atomic E-state index is 0.213. The molecule has 0 amide bonds. The third-order valence-electron chi connectivity index (χ3n) is 9.36. The van der Waals surface area contributed by atoms with Crippen LogP contribution in [0.4, 0.5) is 5.69 Å². The van der Waals surface area contributed by atoms with Crippen LogP contribution in [0.1, 0.15) is 47.9 Å². The van der Waals surface area contributed by atoms with E-state index in [4.69, 9.17) is 21.1 Å². The minimum Gasteiger partial charge on any atom is -0.457 e. The number of nitrogens with one attached hydrogen (secondary N) is 1. The molecule has 5 aromatic rings. The highest BCUT2D eigenvalue weighted by atomic mass is 35.5. The van der Waals surface area contributed by atoms with Crippen molar-refractivity contribution in [2.24, 2.45) is 0 Å². The van der Waals surface area contributed by atoms with Gasteiger partial charge in [-0.1, -0.05) is 60.1 Å². The number of ether oxygens (including phenoxy) is 2. The number of aliphatic hydroxyl groups excluding tert-OH is 1. The molecule has 4 aromatic carbocycles. The van der Waals surface area contributed by atoms with Crippen molar-refractivity contribution in [3.8, 4) is 11.5 Å². The number of carbonyl (C=O) groups excluding carboxylic acids is 1. The van der Waals surface area contributed by atoms with Crippen molar-refractivity contribution < 1.29 is 19.4 Å². The van der Waals surface area contributed by atoms with E-state index in [9.17, 15) is 9.90 Å². The number of aromatic nitrogens is 1. The predicted octanol–water partition coefficient (Wildman–Crippen LogP) is 8.30. The summed E-state index contributed by atoms with van der Waals surface area (Å²) in [5.41, 5.74) is 6.54. The molecule has 1 aromatic heterocycles. The highest BCUT2D eigenvalue weighted by Gasteiger charge is 2.30. The van der Waals surface area contributed by atoms with E-state index in [-0.39, 0.29) is 11.4 Å². The molecule has 3 heterocycles. The number of halogens is 1. The summed E-state index contributed by atoms with van der Waals surface area (Å²) in [6.07, 6.45) is 1.38. The molecule has 2 aliphatic rings. The van der Waals surface area contributed by atoms with E-state index < -0.39 is 6.10 Å². The minimum atomic E-state index is -1.37. The molecule has 0 radical (unpaired) electrons. The second-order valence-electron chi connectivity index (χ2n) is 13.3. The molecule has 7 nitrogen and oxygen atoms in total. The summed E-state index contributed by atoms with van der Waals surface area (Å²) < 4.78 is 12.7. The van der Waals surface area contributed by atoms with Crippen LogP contribution in [0.2, 0.25) is 5.02 Å². The molecular formula is C40H40ClN3O4. The molecule has 2 aliphatic heterocycles. The van der Waals surface area contributed by atoms with E-state index in [0.717, 1.165) is 60.8 Å². The van der Waals surface area contributed by atoms with E-state index in [0.29, 0.717) is 29.2 Å². The first-order valence-corrected chi connectivity index (χ1v) is 16.8. The Morgan fingerprint density at radius 3 is 2.50 bits per heavy atom. The standard InChI is InChI=1S/C40H40ClN3O4/c1-40(2)24-35(27-8-10-31(41)11-9-27)30(26-47-40)25-43-18-20-44(21-19-43)32-12-14-34(39(46)38(45)28-6-4-3-5-7-28)37(23-32)48-33-13-15-36-29(22-33)16-17-42-36/h3-17,22-23,39,42,46H,18-21,24-26H2,1-2H3. The monoisotopic (exact) mass is 661 g/mol. The predicted molar refractivity (Wildman–Crippen MR) is 192 cm³/mol. The molecule has 1 saturated heterocycles. The van der Waals surface area contributed by atoms with Crippen molar-refractivity contribution in [2.45, 2.75) is 32.0 Å². The maximum Gasteiger partial charge on any atom is 0.195 e. The van der Waals surface area contributed by atoms with Crippen LogP contribution in [0.15, 0.2) is 109 Å². The number of hydrogen-bond donors (Lipinski definition) is 2. The van der Waals surface area contributed by atoms with Gasteiger partial charge in [0, 0.05) is 84.1 Å². The third-order valence-corrected chi connectivity index (χ3v) is 9.61. The molecule has 246 valence electrons. The second kappa shape index (κ2) is 13.6. The van der Waals surface area contributed by atoms with Crippen LogP contribution >= 0.6 is 11.6 Å². The molecule has 1 unspecified atom stereocenters. The molecule has 0 saturated carbocycles. The fourth-order valence-electron chi connectivity index (χ4n) is 6.66. The van der Waals surface area contributed by atoms with Gasteiger partial charge in [0.2, 0.25) is 0 Å². The van der Waals surface area contributed by atoms with Crippen LogP contribution in [0.3, 0.4) is 0 Å². The molecule has 7 rings (SSSR count). The van der Waals surface area contributed by atoms with Crippen LogP contribution in [0, 0.1) is 0 Å². The van der Waals surface area contributed by atoms with Gasteiger partial charge in [-0.25, -0.2) is 0 Å². The van der Waals surface area contributed by atoms with Crippen molar-refractivity contribution in [1.82, 2.24) is 9.88 Å². The first kappa shape index (κ1) is 32.2. The van der Waals surface area contributed by atoms with Gasteiger partial charge >= 0.3 is 0 Å². The van der Waals surface area contributed by atoms with Crippen molar-refractivity contribution in [2.75, 3.05) is 44.2 Å². The van der Waals surface area contributed by atoms with E-state index >= 15 is 0 Å². The van der Waals surface area contributed by atoms with Gasteiger partial charge in [-0.15, -0.1) is 0 Å². The summed E-state index contributed by atoms with van der Waals surface area (Å²) in [4.78, 5) is 21.3. The number of fused-ring (bicyclic) bond motifs is 1. The van der Waals surface area contributed by atoms with Crippen LogP contribution in [-0.2, 0) is 4.74 Å². The van der Waals surface area contributed by atoms with E-state index in [1.165, 1.54) is 16.7 Å². The van der Waals surface area contributed by atoms with Gasteiger partial charge in [0.25, 0.3) is 0 Å². The number of benzene rings is 4. The molecule has 0 aliphatic carbocycles. The van der Waals surface area contributed by atoms with E-state index in [2.05, 4.69) is 40.8 Å². The molecule has 1 fully saturated rings. The van der Waals surface area contributed by atoms with Gasteiger partial charge in [-0.05, 0) is 73.0 Å². The number of nitrogens with zero attached hydrogens (tertiary/aromatic N) is 2. The lowest BCUT2D eigenvalue weighted by Crippen LogP contribution is -2.47. The Hall–Kier alpha value is -4.40. The fourth-order valence-corrected chi connectivity index (χ4v) is 6.79. The van der Waals surface area contributed by atoms with Crippen molar-refractivity contribution in [1.29, 1.82) is 0 Å². The summed E-state index contributed by atoms with van der Waals surface area (Å²) in [6, 6.07) is 30.6. The first-order valence-electron chi connectivity index (χ1n) is 16.5. The Labute approximate surface area is 286 Å². The Morgan fingerprint density at radius 1 is 0.958 bits per heavy atom. The van der Waals surface area contributed by atoms with Crippen LogP contribution < -0.4 is 9.64 Å². The molecule has 1 atom stereocenters. The zero-order valence-corrected chi connectivity index (χ0v) is 28.0. The number of H-pyrrole nitrogens is 1. The summed E-state index contributed by atoms with van der Waals surface area (Å²) in [5, 5.41) is 13.1. The van der Waals surface area contributed by atoms with Gasteiger partial charge in [0.15, 0.2) is 5.78 Å². The lowest BCUT2D eigenvalue weighted by Gasteiger charge is -2.39. The molecule has 8 heteroatoms. The highest BCUT2D eigenvalue weighted by Crippen LogP contribution is 2.38. The zero-order valence-electron chi connectivity index (χ0n) is 27.3. The maximum atomic E-state index is 13.3. The van der Waals surface area contributed by atoms with Gasteiger partial charge in [0.1, 0.15) is 17.6 Å². The van der Waals surface area contributed by atoms with Gasteiger partial charge in [0.05, 0.1) is 12.2 Å². The second-order valence-corrected chi connectivity index (χ2v) is 13.7. The molecule has 0 spiro atoms. The SMILES string of the molecule is CC1(C)CC(c2ccc(Cl)cc2)=C(CN2CCN(c3ccc(C(O)C(=O)c4ccccc4)c(Oc4ccc5[nH]ccc5c4)c3)CC2)CO1. The average molecular weight is 662 g/mol. The third kappa shape index (κ3) is 7.05. The summed E-state index contributed by atoms with van der Waals surface area (Å²) in [7, 11) is 0. The van der Waals surface area contributed by atoms with Gasteiger partial charge < -0.3 is 24.5 Å². The Balaban J connectivity index is 1.11. The Bertz CT molecular complexity index is 1940. The normalized spacial score (nSPS) is 17.5. The molecule has 48 heavy (non-hydrogen) atoms. The number of carbonyl (C=O) groups is 1. The van der Waals surface area contributed by atoms with E-state index in [1.807, 2.05) is 66.9 Å². The smallest absolute Gasteiger partial charge is 0.195 e. The lowest BCUT2D eigenvalue weighted by molar-refractivity contribution is -0.0101. The average Bonchev–Trinajstić information content (AvgIpc) is 3.57. The van der Waals surface area contributed by atoms with Crippen molar-refractivity contribution >= 4 is 39.5 Å². The lowest BCUT2D eigenvalue weighted by atomic mass is 9.87. The van der Waals surface area contributed by atoms with Crippen molar-refractivity contribution in [3.05, 3.63) is 131 Å². The topological polar surface area (TPSA) is 78.0 Å². The number of aliphatic hydroxyl groups is 1.